The number of nitrogens with zero attached hydrogens (tertiary/aromatic N) is 2. The summed E-state index contributed by atoms with van der Waals surface area (Å²) in [6.07, 6.45) is 4.01. The van der Waals surface area contributed by atoms with E-state index in [4.69, 9.17) is 5.73 Å². The van der Waals surface area contributed by atoms with Crippen LogP contribution in [0.5, 0.6) is 0 Å². The summed E-state index contributed by atoms with van der Waals surface area (Å²) in [5.41, 5.74) is 5.81. The van der Waals surface area contributed by atoms with Crippen LogP contribution in [-0.2, 0) is 4.79 Å². The first-order valence-electron chi connectivity index (χ1n) is 7.11. The third-order valence-electron chi connectivity index (χ3n) is 4.12. The SMILES string of the molecule is CCCN(CCN(C)C)C(=O)C1(C)CCCC1N. The van der Waals surface area contributed by atoms with E-state index >= 15 is 0 Å². The Balaban J connectivity index is 2.69. The maximum atomic E-state index is 12.7. The van der Waals surface area contributed by atoms with Crippen molar-refractivity contribution in [1.29, 1.82) is 0 Å². The van der Waals surface area contributed by atoms with Crippen molar-refractivity contribution in [3.8, 4) is 0 Å². The van der Waals surface area contributed by atoms with Crippen molar-refractivity contribution in [2.24, 2.45) is 11.1 Å². The van der Waals surface area contributed by atoms with Gasteiger partial charge in [-0.3, -0.25) is 4.79 Å². The summed E-state index contributed by atoms with van der Waals surface area (Å²) < 4.78 is 0. The molecule has 1 aliphatic carbocycles. The zero-order valence-electron chi connectivity index (χ0n) is 12.4. The molecule has 0 radical (unpaired) electrons. The molecule has 0 saturated heterocycles. The van der Waals surface area contributed by atoms with Crippen molar-refractivity contribution in [2.75, 3.05) is 33.7 Å². The molecule has 106 valence electrons. The zero-order chi connectivity index (χ0) is 13.8. The molecule has 0 bridgehead atoms. The minimum Gasteiger partial charge on any atom is -0.341 e. The Morgan fingerprint density at radius 1 is 1.33 bits per heavy atom. The summed E-state index contributed by atoms with van der Waals surface area (Å²) in [4.78, 5) is 16.8. The number of rotatable bonds is 6. The minimum absolute atomic E-state index is 0.0312. The number of likely N-dealkylation sites (N-methyl/N-ethyl adjacent to an activating group) is 1. The second-order valence-electron chi connectivity index (χ2n) is 6.01. The molecule has 1 rings (SSSR count). The van der Waals surface area contributed by atoms with Crippen LogP contribution in [0.1, 0.15) is 39.5 Å². The number of hydrogen-bond donors (Lipinski definition) is 1. The lowest BCUT2D eigenvalue weighted by Gasteiger charge is -2.35. The first kappa shape index (κ1) is 15.4. The summed E-state index contributed by atoms with van der Waals surface area (Å²) in [6, 6.07) is 0.0312. The molecular weight excluding hydrogens is 226 g/mol. The molecule has 0 aromatic carbocycles. The van der Waals surface area contributed by atoms with Crippen LogP contribution >= 0.6 is 0 Å². The summed E-state index contributed by atoms with van der Waals surface area (Å²) in [5, 5.41) is 0. The highest BCUT2D eigenvalue weighted by molar-refractivity contribution is 5.83. The fourth-order valence-corrected chi connectivity index (χ4v) is 2.73. The summed E-state index contributed by atoms with van der Waals surface area (Å²) >= 11 is 0. The Labute approximate surface area is 111 Å². The highest BCUT2D eigenvalue weighted by Crippen LogP contribution is 2.38. The normalized spacial score (nSPS) is 27.8. The van der Waals surface area contributed by atoms with Crippen LogP contribution < -0.4 is 5.73 Å². The molecule has 0 heterocycles. The van der Waals surface area contributed by atoms with Crippen molar-refractivity contribution in [2.45, 2.75) is 45.6 Å². The summed E-state index contributed by atoms with van der Waals surface area (Å²) in [7, 11) is 4.08. The molecule has 1 aliphatic rings. The topological polar surface area (TPSA) is 49.6 Å². The molecular formula is C14H29N3O. The lowest BCUT2D eigenvalue weighted by Crippen LogP contribution is -2.50. The Bertz CT molecular complexity index is 280. The quantitative estimate of drug-likeness (QED) is 0.778. The van der Waals surface area contributed by atoms with Crippen LogP contribution in [0.3, 0.4) is 0 Å². The average Bonchev–Trinajstić information content (AvgIpc) is 2.65. The van der Waals surface area contributed by atoms with E-state index in [9.17, 15) is 4.79 Å². The van der Waals surface area contributed by atoms with Gasteiger partial charge in [0.15, 0.2) is 0 Å². The van der Waals surface area contributed by atoms with Crippen molar-refractivity contribution in [3.05, 3.63) is 0 Å². The van der Waals surface area contributed by atoms with Crippen molar-refractivity contribution in [1.82, 2.24) is 9.80 Å². The van der Waals surface area contributed by atoms with Gasteiger partial charge in [-0.1, -0.05) is 13.3 Å². The second-order valence-corrected chi connectivity index (χ2v) is 6.01. The van der Waals surface area contributed by atoms with Crippen LogP contribution in [0.25, 0.3) is 0 Å². The monoisotopic (exact) mass is 255 g/mol. The van der Waals surface area contributed by atoms with Crippen LogP contribution in [0.15, 0.2) is 0 Å². The largest absolute Gasteiger partial charge is 0.341 e. The molecule has 1 amide bonds. The molecule has 4 heteroatoms. The number of carbonyl (C=O) groups is 1. The highest BCUT2D eigenvalue weighted by Gasteiger charge is 2.44. The first-order valence-corrected chi connectivity index (χ1v) is 7.11. The molecule has 2 unspecified atom stereocenters. The summed E-state index contributed by atoms with van der Waals surface area (Å²) in [6.45, 7) is 6.73. The van der Waals surface area contributed by atoms with Crippen LogP contribution in [0, 0.1) is 5.41 Å². The third kappa shape index (κ3) is 3.45. The first-order chi connectivity index (χ1) is 8.41. The van der Waals surface area contributed by atoms with Gasteiger partial charge in [-0.15, -0.1) is 0 Å². The lowest BCUT2D eigenvalue weighted by atomic mass is 9.83. The second kappa shape index (κ2) is 6.53. The van der Waals surface area contributed by atoms with Gasteiger partial charge in [0.2, 0.25) is 5.91 Å². The van der Waals surface area contributed by atoms with Gasteiger partial charge < -0.3 is 15.5 Å². The van der Waals surface area contributed by atoms with Crippen molar-refractivity contribution in [3.63, 3.8) is 0 Å². The predicted octanol–water partition coefficient (Wildman–Crippen LogP) is 1.30. The van der Waals surface area contributed by atoms with Gasteiger partial charge in [0, 0.05) is 25.7 Å². The van der Waals surface area contributed by atoms with Gasteiger partial charge in [0.05, 0.1) is 5.41 Å². The van der Waals surface area contributed by atoms with E-state index in [-0.39, 0.29) is 17.4 Å². The summed E-state index contributed by atoms with van der Waals surface area (Å²) in [5.74, 6) is 0.260. The van der Waals surface area contributed by atoms with Gasteiger partial charge in [-0.05, 0) is 40.3 Å². The minimum atomic E-state index is -0.332. The fourth-order valence-electron chi connectivity index (χ4n) is 2.73. The number of amides is 1. The molecule has 4 nitrogen and oxygen atoms in total. The van der Waals surface area contributed by atoms with Crippen LogP contribution in [0.2, 0.25) is 0 Å². The molecule has 18 heavy (non-hydrogen) atoms. The van der Waals surface area contributed by atoms with E-state index in [2.05, 4.69) is 11.8 Å². The molecule has 1 saturated carbocycles. The van der Waals surface area contributed by atoms with E-state index in [0.717, 1.165) is 45.3 Å². The van der Waals surface area contributed by atoms with Crippen molar-refractivity contribution >= 4 is 5.91 Å². The van der Waals surface area contributed by atoms with E-state index in [1.807, 2.05) is 25.9 Å². The highest BCUT2D eigenvalue weighted by atomic mass is 16.2. The van der Waals surface area contributed by atoms with E-state index in [1.54, 1.807) is 0 Å². The van der Waals surface area contributed by atoms with Gasteiger partial charge in [0.25, 0.3) is 0 Å². The van der Waals surface area contributed by atoms with E-state index in [1.165, 1.54) is 0 Å². The molecule has 0 aromatic heterocycles. The molecule has 0 spiro atoms. The average molecular weight is 255 g/mol. The molecule has 2 atom stereocenters. The molecule has 2 N–H and O–H groups in total. The zero-order valence-corrected chi connectivity index (χ0v) is 12.4. The number of nitrogens with two attached hydrogens (primary N) is 1. The third-order valence-corrected chi connectivity index (χ3v) is 4.12. The molecule has 0 aromatic rings. The fraction of sp³-hybridized carbons (Fsp3) is 0.929. The predicted molar refractivity (Wildman–Crippen MR) is 75.4 cm³/mol. The van der Waals surface area contributed by atoms with Gasteiger partial charge >= 0.3 is 0 Å². The van der Waals surface area contributed by atoms with Crippen molar-refractivity contribution < 1.29 is 4.79 Å². The lowest BCUT2D eigenvalue weighted by molar-refractivity contribution is -0.141. The molecule has 0 aliphatic heterocycles. The Kier molecular flexibility index (Phi) is 5.60. The maximum Gasteiger partial charge on any atom is 0.230 e. The maximum absolute atomic E-state index is 12.7. The van der Waals surface area contributed by atoms with Gasteiger partial charge in [0.1, 0.15) is 0 Å². The Morgan fingerprint density at radius 3 is 2.44 bits per heavy atom. The van der Waals surface area contributed by atoms with Gasteiger partial charge in [-0.2, -0.15) is 0 Å². The van der Waals surface area contributed by atoms with E-state index in [0.29, 0.717) is 0 Å². The standard InChI is InChI=1S/C14H29N3O/c1-5-9-17(11-10-16(3)4)13(18)14(2)8-6-7-12(14)15/h12H,5-11,15H2,1-4H3. The Hall–Kier alpha value is -0.610. The molecule has 1 fully saturated rings. The van der Waals surface area contributed by atoms with Gasteiger partial charge in [-0.25, -0.2) is 0 Å². The van der Waals surface area contributed by atoms with Crippen LogP contribution in [-0.4, -0.2) is 55.5 Å². The van der Waals surface area contributed by atoms with E-state index < -0.39 is 0 Å². The smallest absolute Gasteiger partial charge is 0.230 e. The Morgan fingerprint density at radius 2 is 2.00 bits per heavy atom. The van der Waals surface area contributed by atoms with Crippen LogP contribution in [0.4, 0.5) is 0 Å². The number of hydrogen-bond acceptors (Lipinski definition) is 3. The number of carbonyl (C=O) groups excluding carboxylic acids is 1.